The Bertz CT molecular complexity index is 1140. The summed E-state index contributed by atoms with van der Waals surface area (Å²) in [5.74, 6) is 2.31. The van der Waals surface area contributed by atoms with Crippen molar-refractivity contribution in [1.82, 2.24) is 18.4 Å². The molecule has 1 N–H and O–H groups in total. The molecule has 2 unspecified atom stereocenters. The number of fused-ring (bicyclic) bond motifs is 1. The zero-order valence-electron chi connectivity index (χ0n) is 19.1. The summed E-state index contributed by atoms with van der Waals surface area (Å²) >= 11 is 1.01. The van der Waals surface area contributed by atoms with Gasteiger partial charge in [0, 0.05) is 12.6 Å². The Hall–Kier alpha value is -1.58. The lowest BCUT2D eigenvalue weighted by Gasteiger charge is -2.59. The number of amides is 1. The average Bonchev–Trinajstić information content (AvgIpc) is 3.27. The molecule has 1 aromatic carbocycles. The lowest BCUT2D eigenvalue weighted by Crippen LogP contribution is -2.59. The maximum absolute atomic E-state index is 13.7. The van der Waals surface area contributed by atoms with Crippen LogP contribution in [-0.4, -0.2) is 46.0 Å². The van der Waals surface area contributed by atoms with Crippen LogP contribution in [0.25, 0.3) is 11.0 Å². The molecule has 9 heteroatoms. The highest BCUT2D eigenvalue weighted by Crippen LogP contribution is 2.61. The first-order chi connectivity index (χ1) is 15.9. The largest absolute Gasteiger partial charge is 0.352 e. The Labute approximate surface area is 199 Å². The number of aromatic nitrogens is 2. The number of sulfonamides is 1. The van der Waals surface area contributed by atoms with E-state index in [4.69, 9.17) is 0 Å². The molecule has 1 saturated heterocycles. The monoisotopic (exact) mass is 488 g/mol. The van der Waals surface area contributed by atoms with E-state index in [1.54, 1.807) is 18.2 Å². The fourth-order valence-electron chi connectivity index (χ4n) is 7.74. The van der Waals surface area contributed by atoms with Gasteiger partial charge in [-0.05, 0) is 93.6 Å². The fourth-order valence-corrected chi connectivity index (χ4v) is 10.2. The van der Waals surface area contributed by atoms with Gasteiger partial charge in [0.25, 0.3) is 0 Å². The first-order valence-corrected chi connectivity index (χ1v) is 14.6. The molecule has 4 saturated carbocycles. The molecule has 178 valence electrons. The molecule has 5 fully saturated rings. The third-order valence-electron chi connectivity index (χ3n) is 8.95. The molecular weight excluding hydrogens is 456 g/mol. The number of piperidine rings is 1. The summed E-state index contributed by atoms with van der Waals surface area (Å²) in [6.45, 7) is 2.52. The average molecular weight is 489 g/mol. The lowest BCUT2D eigenvalue weighted by molar-refractivity contribution is -0.130. The number of rotatable bonds is 5. The summed E-state index contributed by atoms with van der Waals surface area (Å²) in [5.41, 5.74) is 1.17. The number of benzene rings is 1. The minimum absolute atomic E-state index is 0.0797. The van der Waals surface area contributed by atoms with Gasteiger partial charge in [-0.15, -0.1) is 0 Å². The number of nitrogens with zero attached hydrogens (tertiary/aromatic N) is 3. The molecule has 7 rings (SSSR count). The molecular formula is C24H32N4O3S2. The topological polar surface area (TPSA) is 92.3 Å². The number of nitrogens with one attached hydrogen (secondary N) is 1. The fraction of sp³-hybridized carbons (Fsp3) is 0.708. The molecule has 5 aliphatic rings. The molecule has 2 aromatic rings. The highest BCUT2D eigenvalue weighted by molar-refractivity contribution is 7.89. The van der Waals surface area contributed by atoms with Crippen molar-refractivity contribution in [2.24, 2.45) is 23.2 Å². The molecule has 7 nitrogen and oxygen atoms in total. The molecule has 0 spiro atoms. The number of hydrogen-bond acceptors (Lipinski definition) is 6. The van der Waals surface area contributed by atoms with E-state index in [-0.39, 0.29) is 22.3 Å². The summed E-state index contributed by atoms with van der Waals surface area (Å²) in [4.78, 5) is 13.7. The maximum atomic E-state index is 13.7. The number of carbonyl (C=O) groups is 1. The Balaban J connectivity index is 1.25. The molecule has 0 radical (unpaired) electrons. The molecule has 2 atom stereocenters. The van der Waals surface area contributed by atoms with Gasteiger partial charge in [-0.2, -0.15) is 13.1 Å². The van der Waals surface area contributed by atoms with Crippen LogP contribution in [0.4, 0.5) is 0 Å². The zero-order chi connectivity index (χ0) is 22.8. The third-order valence-corrected chi connectivity index (χ3v) is 11.4. The number of hydrogen-bond donors (Lipinski definition) is 1. The summed E-state index contributed by atoms with van der Waals surface area (Å²) in [5, 5.41) is 3.32. The van der Waals surface area contributed by atoms with E-state index in [0.717, 1.165) is 42.3 Å². The zero-order valence-corrected chi connectivity index (χ0v) is 20.7. The van der Waals surface area contributed by atoms with Gasteiger partial charge in [0.15, 0.2) is 0 Å². The van der Waals surface area contributed by atoms with Crippen molar-refractivity contribution in [2.75, 3.05) is 6.54 Å². The van der Waals surface area contributed by atoms with Gasteiger partial charge in [-0.25, -0.2) is 8.42 Å². The maximum Gasteiger partial charge on any atom is 0.246 e. The first-order valence-electron chi connectivity index (χ1n) is 12.4. The van der Waals surface area contributed by atoms with E-state index >= 15 is 0 Å². The molecule has 1 aromatic heterocycles. The van der Waals surface area contributed by atoms with Crippen molar-refractivity contribution in [3.05, 3.63) is 18.2 Å². The quantitative estimate of drug-likeness (QED) is 0.688. The highest BCUT2D eigenvalue weighted by Gasteiger charge is 2.53. The third kappa shape index (κ3) is 3.62. The second kappa shape index (κ2) is 7.99. The van der Waals surface area contributed by atoms with Gasteiger partial charge in [0.2, 0.25) is 15.9 Å². The van der Waals surface area contributed by atoms with E-state index in [2.05, 4.69) is 21.0 Å². The SMILES string of the molecule is CC(NC(=O)C1CCCCN1S(=O)(=O)c1cccc2nsnc12)C12CC3CC(CC(C3)C1)C2. The van der Waals surface area contributed by atoms with Crippen molar-refractivity contribution in [1.29, 1.82) is 0 Å². The van der Waals surface area contributed by atoms with Crippen LogP contribution in [0.15, 0.2) is 23.1 Å². The standard InChI is InChI=1S/C24H32N4O3S2/c1-15(24-12-16-9-17(13-24)11-18(10-16)14-24)25-23(29)20-6-2-3-8-28(20)33(30,31)21-7-4-5-19-22(21)27-32-26-19/h4-5,7,15-18,20H,2-3,6,8-14H2,1H3,(H,25,29). The van der Waals surface area contributed by atoms with Crippen molar-refractivity contribution >= 4 is 38.7 Å². The van der Waals surface area contributed by atoms with Gasteiger partial charge < -0.3 is 5.32 Å². The Kier molecular flexibility index (Phi) is 5.30. The molecule has 33 heavy (non-hydrogen) atoms. The van der Waals surface area contributed by atoms with E-state index in [0.29, 0.717) is 24.0 Å². The van der Waals surface area contributed by atoms with Crippen molar-refractivity contribution in [3.8, 4) is 0 Å². The van der Waals surface area contributed by atoms with Crippen LogP contribution in [0.5, 0.6) is 0 Å². The summed E-state index contributed by atoms with van der Waals surface area (Å²) in [6.07, 6.45) is 9.92. The normalized spacial score (nSPS) is 35.1. The lowest BCUT2D eigenvalue weighted by atomic mass is 9.48. The second-order valence-electron chi connectivity index (χ2n) is 11.0. The van der Waals surface area contributed by atoms with Crippen molar-refractivity contribution in [2.45, 2.75) is 81.7 Å². The predicted octanol–water partition coefficient (Wildman–Crippen LogP) is 3.96. The van der Waals surface area contributed by atoms with Gasteiger partial charge in [-0.1, -0.05) is 12.5 Å². The van der Waals surface area contributed by atoms with Gasteiger partial charge in [0.1, 0.15) is 22.0 Å². The molecule has 4 aliphatic carbocycles. The van der Waals surface area contributed by atoms with Crippen LogP contribution in [0.1, 0.15) is 64.7 Å². The van der Waals surface area contributed by atoms with Crippen LogP contribution in [0, 0.1) is 23.2 Å². The second-order valence-corrected chi connectivity index (χ2v) is 13.4. The Morgan fingerprint density at radius 2 is 1.82 bits per heavy atom. The van der Waals surface area contributed by atoms with E-state index in [1.807, 2.05) is 0 Å². The summed E-state index contributed by atoms with van der Waals surface area (Å²) in [7, 11) is -3.86. The van der Waals surface area contributed by atoms with E-state index in [9.17, 15) is 13.2 Å². The highest BCUT2D eigenvalue weighted by atomic mass is 32.2. The number of carbonyl (C=O) groups excluding carboxylic acids is 1. The Morgan fingerprint density at radius 3 is 2.52 bits per heavy atom. The molecule has 1 amide bonds. The van der Waals surface area contributed by atoms with Gasteiger partial charge in [0.05, 0.1) is 11.7 Å². The first kappa shape index (κ1) is 21.9. The van der Waals surface area contributed by atoms with E-state index < -0.39 is 16.1 Å². The van der Waals surface area contributed by atoms with Crippen LogP contribution >= 0.6 is 11.7 Å². The van der Waals surface area contributed by atoms with Crippen molar-refractivity contribution in [3.63, 3.8) is 0 Å². The minimum Gasteiger partial charge on any atom is -0.352 e. The Morgan fingerprint density at radius 1 is 1.12 bits per heavy atom. The van der Waals surface area contributed by atoms with Crippen LogP contribution in [-0.2, 0) is 14.8 Å². The van der Waals surface area contributed by atoms with E-state index in [1.165, 1.54) is 42.8 Å². The summed E-state index contributed by atoms with van der Waals surface area (Å²) in [6, 6.07) is 4.47. The van der Waals surface area contributed by atoms with Gasteiger partial charge >= 0.3 is 0 Å². The molecule has 1 aliphatic heterocycles. The van der Waals surface area contributed by atoms with Crippen molar-refractivity contribution < 1.29 is 13.2 Å². The smallest absolute Gasteiger partial charge is 0.246 e. The molecule has 4 bridgehead atoms. The van der Waals surface area contributed by atoms with Crippen LogP contribution in [0.2, 0.25) is 0 Å². The predicted molar refractivity (Wildman–Crippen MR) is 127 cm³/mol. The summed E-state index contributed by atoms with van der Waals surface area (Å²) < 4.78 is 37.2. The van der Waals surface area contributed by atoms with Crippen LogP contribution in [0.3, 0.4) is 0 Å². The van der Waals surface area contributed by atoms with Gasteiger partial charge in [-0.3, -0.25) is 4.79 Å². The minimum atomic E-state index is -3.86. The van der Waals surface area contributed by atoms with Crippen LogP contribution < -0.4 is 5.32 Å². The molecule has 2 heterocycles.